The Kier molecular flexibility index (Phi) is 2.63. The highest BCUT2D eigenvalue weighted by molar-refractivity contribution is 5.84. The average molecular weight is 230 g/mol. The average Bonchev–Trinajstić information content (AvgIpc) is 2.32. The van der Waals surface area contributed by atoms with Crippen molar-refractivity contribution in [1.82, 2.24) is 10.2 Å². The van der Waals surface area contributed by atoms with E-state index in [2.05, 4.69) is 40.5 Å². The molecule has 3 nitrogen and oxygen atoms in total. The molecular formula is C14H18N2O. The monoisotopic (exact) mass is 230 g/mol. The number of benzene rings is 1. The SMILES string of the molecule is O=C1CC2(CCN(Cc3ccccc3)CC2)N1. The van der Waals surface area contributed by atoms with Gasteiger partial charge in [0.2, 0.25) is 5.91 Å². The zero-order valence-corrected chi connectivity index (χ0v) is 9.98. The van der Waals surface area contributed by atoms with Gasteiger partial charge in [-0.2, -0.15) is 0 Å². The molecule has 3 rings (SSSR count). The van der Waals surface area contributed by atoms with Crippen molar-refractivity contribution < 1.29 is 4.79 Å². The maximum atomic E-state index is 11.0. The van der Waals surface area contributed by atoms with E-state index >= 15 is 0 Å². The fraction of sp³-hybridized carbons (Fsp3) is 0.500. The number of nitrogens with zero attached hydrogens (tertiary/aromatic N) is 1. The van der Waals surface area contributed by atoms with E-state index in [0.717, 1.165) is 38.9 Å². The molecule has 2 heterocycles. The van der Waals surface area contributed by atoms with Crippen molar-refractivity contribution in [3.05, 3.63) is 35.9 Å². The molecule has 0 aliphatic carbocycles. The lowest BCUT2D eigenvalue weighted by molar-refractivity contribution is -0.134. The molecule has 0 aromatic heterocycles. The Morgan fingerprint density at radius 1 is 1.18 bits per heavy atom. The molecule has 17 heavy (non-hydrogen) atoms. The standard InChI is InChI=1S/C14H18N2O/c17-13-10-14(15-13)6-8-16(9-7-14)11-12-4-2-1-3-5-12/h1-5H,6-11H2,(H,15,17). The molecule has 1 N–H and O–H groups in total. The number of rotatable bonds is 2. The van der Waals surface area contributed by atoms with Crippen LogP contribution < -0.4 is 5.32 Å². The summed E-state index contributed by atoms with van der Waals surface area (Å²) < 4.78 is 0. The molecule has 2 aliphatic heterocycles. The van der Waals surface area contributed by atoms with Gasteiger partial charge in [0.05, 0.1) is 5.54 Å². The van der Waals surface area contributed by atoms with E-state index in [-0.39, 0.29) is 11.4 Å². The highest BCUT2D eigenvalue weighted by Crippen LogP contribution is 2.32. The Morgan fingerprint density at radius 2 is 1.82 bits per heavy atom. The maximum Gasteiger partial charge on any atom is 0.222 e. The second kappa shape index (κ2) is 4.15. The van der Waals surface area contributed by atoms with Crippen molar-refractivity contribution in [1.29, 1.82) is 0 Å². The van der Waals surface area contributed by atoms with Crippen molar-refractivity contribution in [2.75, 3.05) is 13.1 Å². The molecule has 0 radical (unpaired) electrons. The number of β-lactam (4-membered cyclic amide) rings is 1. The number of hydrogen-bond acceptors (Lipinski definition) is 2. The summed E-state index contributed by atoms with van der Waals surface area (Å²) in [7, 11) is 0. The van der Waals surface area contributed by atoms with Crippen LogP contribution in [0.25, 0.3) is 0 Å². The van der Waals surface area contributed by atoms with E-state index in [1.54, 1.807) is 0 Å². The van der Waals surface area contributed by atoms with Crippen LogP contribution in [0.2, 0.25) is 0 Å². The summed E-state index contributed by atoms with van der Waals surface area (Å²) in [6.45, 7) is 3.22. The summed E-state index contributed by atoms with van der Waals surface area (Å²) in [5.41, 5.74) is 1.53. The molecule has 2 saturated heterocycles. The van der Waals surface area contributed by atoms with E-state index in [0.29, 0.717) is 0 Å². The predicted molar refractivity (Wildman–Crippen MR) is 66.4 cm³/mol. The van der Waals surface area contributed by atoms with Crippen LogP contribution in [0, 0.1) is 0 Å². The van der Waals surface area contributed by atoms with Crippen molar-refractivity contribution >= 4 is 5.91 Å². The first-order valence-corrected chi connectivity index (χ1v) is 6.33. The van der Waals surface area contributed by atoms with Gasteiger partial charge in [-0.15, -0.1) is 0 Å². The van der Waals surface area contributed by atoms with E-state index in [9.17, 15) is 4.79 Å². The van der Waals surface area contributed by atoms with Crippen LogP contribution in [0.1, 0.15) is 24.8 Å². The van der Waals surface area contributed by atoms with E-state index in [1.807, 2.05) is 0 Å². The normalized spacial score (nSPS) is 23.2. The second-order valence-electron chi connectivity index (χ2n) is 5.27. The van der Waals surface area contributed by atoms with Gasteiger partial charge >= 0.3 is 0 Å². The first kappa shape index (κ1) is 10.8. The van der Waals surface area contributed by atoms with Crippen molar-refractivity contribution in [3.63, 3.8) is 0 Å². The number of carbonyl (C=O) groups excluding carboxylic acids is 1. The Balaban J connectivity index is 1.54. The number of hydrogen-bond donors (Lipinski definition) is 1. The van der Waals surface area contributed by atoms with Crippen LogP contribution in [0.3, 0.4) is 0 Å². The zero-order valence-electron chi connectivity index (χ0n) is 9.98. The molecule has 1 aromatic rings. The van der Waals surface area contributed by atoms with E-state index in [1.165, 1.54) is 5.56 Å². The van der Waals surface area contributed by atoms with Gasteiger partial charge in [0, 0.05) is 26.1 Å². The smallest absolute Gasteiger partial charge is 0.222 e. The quantitative estimate of drug-likeness (QED) is 0.782. The number of nitrogens with one attached hydrogen (secondary N) is 1. The molecule has 0 saturated carbocycles. The van der Waals surface area contributed by atoms with Crippen molar-refractivity contribution in [3.8, 4) is 0 Å². The molecule has 3 heteroatoms. The van der Waals surface area contributed by atoms with Gasteiger partial charge in [-0.05, 0) is 18.4 Å². The Labute approximate surface area is 102 Å². The van der Waals surface area contributed by atoms with Crippen LogP contribution in [0.4, 0.5) is 0 Å². The lowest BCUT2D eigenvalue weighted by Gasteiger charge is -2.47. The van der Waals surface area contributed by atoms with Crippen LogP contribution in [-0.4, -0.2) is 29.4 Å². The van der Waals surface area contributed by atoms with Gasteiger partial charge in [-0.3, -0.25) is 9.69 Å². The first-order chi connectivity index (χ1) is 8.26. The second-order valence-corrected chi connectivity index (χ2v) is 5.27. The first-order valence-electron chi connectivity index (χ1n) is 6.33. The topological polar surface area (TPSA) is 32.3 Å². The molecular weight excluding hydrogens is 212 g/mol. The largest absolute Gasteiger partial charge is 0.350 e. The van der Waals surface area contributed by atoms with Gasteiger partial charge in [0.15, 0.2) is 0 Å². The third-order valence-electron chi connectivity index (χ3n) is 3.97. The van der Waals surface area contributed by atoms with Crippen LogP contribution in [-0.2, 0) is 11.3 Å². The minimum absolute atomic E-state index is 0.157. The molecule has 2 aliphatic rings. The van der Waals surface area contributed by atoms with Crippen LogP contribution in [0.5, 0.6) is 0 Å². The summed E-state index contributed by atoms with van der Waals surface area (Å²) in [5.74, 6) is 0.224. The summed E-state index contributed by atoms with van der Waals surface area (Å²) in [6, 6.07) is 10.6. The van der Waals surface area contributed by atoms with Gasteiger partial charge in [-0.25, -0.2) is 0 Å². The fourth-order valence-corrected chi connectivity index (χ4v) is 2.87. The number of piperidine rings is 1. The van der Waals surface area contributed by atoms with Crippen molar-refractivity contribution in [2.45, 2.75) is 31.3 Å². The van der Waals surface area contributed by atoms with E-state index in [4.69, 9.17) is 0 Å². The number of carbonyl (C=O) groups is 1. The molecule has 1 amide bonds. The lowest BCUT2D eigenvalue weighted by Crippen LogP contribution is -2.64. The van der Waals surface area contributed by atoms with Crippen LogP contribution in [0.15, 0.2) is 30.3 Å². The third-order valence-corrected chi connectivity index (χ3v) is 3.97. The van der Waals surface area contributed by atoms with Gasteiger partial charge in [0.25, 0.3) is 0 Å². The number of amides is 1. The Hall–Kier alpha value is -1.35. The molecule has 1 aromatic carbocycles. The summed E-state index contributed by atoms with van der Waals surface area (Å²) >= 11 is 0. The maximum absolute atomic E-state index is 11.0. The molecule has 90 valence electrons. The minimum atomic E-state index is 0.157. The Morgan fingerprint density at radius 3 is 2.41 bits per heavy atom. The third kappa shape index (κ3) is 2.20. The minimum Gasteiger partial charge on any atom is -0.350 e. The van der Waals surface area contributed by atoms with Crippen LogP contribution >= 0.6 is 0 Å². The molecule has 0 atom stereocenters. The summed E-state index contributed by atoms with van der Waals surface area (Å²) in [5, 5.41) is 3.08. The van der Waals surface area contributed by atoms with E-state index < -0.39 is 0 Å². The summed E-state index contributed by atoms with van der Waals surface area (Å²) in [6.07, 6.45) is 2.95. The van der Waals surface area contributed by atoms with Crippen molar-refractivity contribution in [2.24, 2.45) is 0 Å². The number of likely N-dealkylation sites (tertiary alicyclic amines) is 1. The zero-order chi connectivity index (χ0) is 11.7. The Bertz CT molecular complexity index is 397. The predicted octanol–water partition coefficient (Wildman–Crippen LogP) is 1.54. The summed E-state index contributed by atoms with van der Waals surface area (Å²) in [4.78, 5) is 13.5. The highest BCUT2D eigenvalue weighted by atomic mass is 16.2. The van der Waals surface area contributed by atoms with Gasteiger partial charge < -0.3 is 5.32 Å². The highest BCUT2D eigenvalue weighted by Gasteiger charge is 2.44. The molecule has 1 spiro atoms. The molecule has 2 fully saturated rings. The van der Waals surface area contributed by atoms with Gasteiger partial charge in [-0.1, -0.05) is 30.3 Å². The molecule has 0 bridgehead atoms. The fourth-order valence-electron chi connectivity index (χ4n) is 2.87. The van der Waals surface area contributed by atoms with Gasteiger partial charge in [0.1, 0.15) is 0 Å². The molecule has 0 unspecified atom stereocenters. The lowest BCUT2D eigenvalue weighted by atomic mass is 9.78.